The molecule has 0 aromatic heterocycles. The minimum Gasteiger partial charge on any atom is -0.368 e. The van der Waals surface area contributed by atoms with Gasteiger partial charge in [-0.3, -0.25) is 0 Å². The summed E-state index contributed by atoms with van der Waals surface area (Å²) < 4.78 is 5.85. The average molecular weight is 284 g/mol. The first-order valence-corrected chi connectivity index (χ1v) is 8.99. The molecule has 0 aliphatic carbocycles. The fraction of sp³-hybridized carbons (Fsp3) is 0.294. The highest BCUT2D eigenvalue weighted by Gasteiger charge is 2.42. The molecule has 20 heavy (non-hydrogen) atoms. The highest BCUT2D eigenvalue weighted by Crippen LogP contribution is 2.25. The van der Waals surface area contributed by atoms with Gasteiger partial charge in [0, 0.05) is 6.61 Å². The molecule has 1 aliphatic heterocycles. The minimum atomic E-state index is -1.81. The van der Waals surface area contributed by atoms with Gasteiger partial charge in [0.1, 0.15) is 0 Å². The van der Waals surface area contributed by atoms with Crippen molar-refractivity contribution in [2.24, 2.45) is 0 Å². The Hall–Kier alpha value is -1.42. The Kier molecular flexibility index (Phi) is 4.01. The molecule has 3 heteroatoms. The van der Waals surface area contributed by atoms with E-state index in [0.717, 1.165) is 19.3 Å². The zero-order chi connectivity index (χ0) is 13.8. The largest absolute Gasteiger partial charge is 0.368 e. The molecular formula is C17H20O2Si. The molecule has 1 aliphatic rings. The predicted octanol–water partition coefficient (Wildman–Crippen LogP) is 1.46. The Morgan fingerprint density at radius 3 is 1.85 bits per heavy atom. The van der Waals surface area contributed by atoms with Gasteiger partial charge in [-0.05, 0) is 19.3 Å². The molecule has 2 aromatic carbocycles. The molecule has 2 aromatic rings. The molecule has 0 amide bonds. The summed E-state index contributed by atoms with van der Waals surface area (Å²) in [5.74, 6) is 0. The maximum absolute atomic E-state index is 11.1. The van der Waals surface area contributed by atoms with Crippen molar-refractivity contribution in [2.75, 3.05) is 6.61 Å². The van der Waals surface area contributed by atoms with Crippen LogP contribution in [0.2, 0.25) is 0 Å². The molecule has 1 heterocycles. The van der Waals surface area contributed by atoms with E-state index < -0.39 is 14.2 Å². The van der Waals surface area contributed by atoms with Crippen LogP contribution in [0.3, 0.4) is 0 Å². The second-order valence-corrected chi connectivity index (χ2v) is 8.51. The van der Waals surface area contributed by atoms with Gasteiger partial charge in [0.05, 0.1) is 0 Å². The summed E-state index contributed by atoms with van der Waals surface area (Å²) >= 11 is 0. The smallest absolute Gasteiger partial charge is 0.171 e. The van der Waals surface area contributed by atoms with Crippen LogP contribution in [0.1, 0.15) is 19.3 Å². The van der Waals surface area contributed by atoms with Crippen LogP contribution in [0.15, 0.2) is 60.7 Å². The number of aliphatic hydroxyl groups is 1. The van der Waals surface area contributed by atoms with Crippen LogP contribution >= 0.6 is 0 Å². The molecule has 1 atom stereocenters. The van der Waals surface area contributed by atoms with Gasteiger partial charge in [-0.25, -0.2) is 0 Å². The average Bonchev–Trinajstić information content (AvgIpc) is 2.50. The number of ether oxygens (including phenoxy) is 1. The van der Waals surface area contributed by atoms with E-state index in [1.54, 1.807) is 0 Å². The fourth-order valence-corrected chi connectivity index (χ4v) is 6.45. The van der Waals surface area contributed by atoms with Gasteiger partial charge in [-0.15, -0.1) is 0 Å². The molecular weight excluding hydrogens is 264 g/mol. The lowest BCUT2D eigenvalue weighted by molar-refractivity contribution is -0.165. The summed E-state index contributed by atoms with van der Waals surface area (Å²) in [6, 6.07) is 20.7. The topological polar surface area (TPSA) is 29.5 Å². The lowest BCUT2D eigenvalue weighted by Crippen LogP contribution is -2.62. The van der Waals surface area contributed by atoms with Crippen molar-refractivity contribution in [3.05, 3.63) is 60.7 Å². The summed E-state index contributed by atoms with van der Waals surface area (Å²) in [5.41, 5.74) is -0.957. The van der Waals surface area contributed by atoms with E-state index in [4.69, 9.17) is 4.74 Å². The summed E-state index contributed by atoms with van der Waals surface area (Å²) in [7, 11) is -1.81. The van der Waals surface area contributed by atoms with Crippen molar-refractivity contribution in [2.45, 2.75) is 24.7 Å². The molecule has 1 unspecified atom stereocenters. The molecule has 1 fully saturated rings. The SMILES string of the molecule is OC1([SiH](c2ccccc2)c2ccccc2)CCCCO1. The van der Waals surface area contributed by atoms with E-state index >= 15 is 0 Å². The first kappa shape index (κ1) is 13.6. The number of benzene rings is 2. The first-order valence-electron chi connectivity index (χ1n) is 7.26. The molecule has 1 saturated heterocycles. The van der Waals surface area contributed by atoms with E-state index in [9.17, 15) is 5.11 Å². The fourth-order valence-electron chi connectivity index (χ4n) is 3.03. The number of hydrogen-bond donors (Lipinski definition) is 1. The van der Waals surface area contributed by atoms with Crippen molar-refractivity contribution in [3.63, 3.8) is 0 Å². The Balaban J connectivity index is 2.04. The molecule has 2 nitrogen and oxygen atoms in total. The van der Waals surface area contributed by atoms with Crippen molar-refractivity contribution >= 4 is 19.2 Å². The lowest BCUT2D eigenvalue weighted by atomic mass is 10.2. The normalized spacial score (nSPS) is 22.9. The zero-order valence-electron chi connectivity index (χ0n) is 11.5. The van der Waals surface area contributed by atoms with Crippen LogP contribution in [-0.4, -0.2) is 25.9 Å². The third-order valence-corrected chi connectivity index (χ3v) is 7.46. The van der Waals surface area contributed by atoms with E-state index in [1.807, 2.05) is 36.4 Å². The molecule has 0 spiro atoms. The predicted molar refractivity (Wildman–Crippen MR) is 84.1 cm³/mol. The number of hydrogen-bond acceptors (Lipinski definition) is 2. The van der Waals surface area contributed by atoms with Crippen LogP contribution in [0.25, 0.3) is 0 Å². The quantitative estimate of drug-likeness (QED) is 0.865. The van der Waals surface area contributed by atoms with Gasteiger partial charge in [0.15, 0.2) is 14.2 Å². The number of rotatable bonds is 3. The first-order chi connectivity index (χ1) is 9.80. The van der Waals surface area contributed by atoms with E-state index in [-0.39, 0.29) is 0 Å². The Labute approximate surface area is 121 Å². The highest BCUT2D eigenvalue weighted by molar-refractivity contribution is 6.87. The maximum atomic E-state index is 11.1. The van der Waals surface area contributed by atoms with Crippen molar-refractivity contribution in [1.29, 1.82) is 0 Å². The Morgan fingerprint density at radius 2 is 1.40 bits per heavy atom. The van der Waals surface area contributed by atoms with Gasteiger partial charge in [0.2, 0.25) is 0 Å². The van der Waals surface area contributed by atoms with Crippen molar-refractivity contribution in [3.8, 4) is 0 Å². The summed E-state index contributed by atoms with van der Waals surface area (Å²) in [6.45, 7) is 0.666. The zero-order valence-corrected chi connectivity index (χ0v) is 12.7. The second-order valence-electron chi connectivity index (χ2n) is 5.40. The van der Waals surface area contributed by atoms with Gasteiger partial charge < -0.3 is 9.84 Å². The summed E-state index contributed by atoms with van der Waals surface area (Å²) in [4.78, 5) is 0. The van der Waals surface area contributed by atoms with Crippen LogP contribution < -0.4 is 10.4 Å². The summed E-state index contributed by atoms with van der Waals surface area (Å²) in [6.07, 6.45) is 2.83. The molecule has 0 bridgehead atoms. The molecule has 104 valence electrons. The maximum Gasteiger partial charge on any atom is 0.171 e. The Bertz CT molecular complexity index is 496. The third kappa shape index (κ3) is 2.70. The molecule has 0 radical (unpaired) electrons. The van der Waals surface area contributed by atoms with Crippen LogP contribution in [0.5, 0.6) is 0 Å². The lowest BCUT2D eigenvalue weighted by Gasteiger charge is -2.38. The second kappa shape index (κ2) is 5.91. The van der Waals surface area contributed by atoms with Crippen LogP contribution in [0.4, 0.5) is 0 Å². The molecule has 0 saturated carbocycles. The van der Waals surface area contributed by atoms with Crippen molar-refractivity contribution in [1.82, 2.24) is 0 Å². The van der Waals surface area contributed by atoms with Gasteiger partial charge in [-0.1, -0.05) is 71.0 Å². The van der Waals surface area contributed by atoms with E-state index in [2.05, 4.69) is 24.3 Å². The highest BCUT2D eigenvalue weighted by atomic mass is 28.3. The molecule has 1 N–H and O–H groups in total. The standard InChI is InChI=1S/C17H20O2Si/c18-17(13-7-8-14-19-17)20(15-9-3-1-4-10-15)16-11-5-2-6-12-16/h1-6,9-12,18,20H,7-8,13-14H2. The van der Waals surface area contributed by atoms with Gasteiger partial charge >= 0.3 is 0 Å². The third-order valence-electron chi connectivity index (χ3n) is 4.00. The van der Waals surface area contributed by atoms with Crippen molar-refractivity contribution < 1.29 is 9.84 Å². The van der Waals surface area contributed by atoms with Gasteiger partial charge in [0.25, 0.3) is 0 Å². The van der Waals surface area contributed by atoms with E-state index in [0.29, 0.717) is 6.61 Å². The van der Waals surface area contributed by atoms with E-state index in [1.165, 1.54) is 10.4 Å². The van der Waals surface area contributed by atoms with Crippen LogP contribution in [0, 0.1) is 0 Å². The molecule has 3 rings (SSSR count). The monoisotopic (exact) mass is 284 g/mol. The minimum absolute atomic E-state index is 0.666. The van der Waals surface area contributed by atoms with Crippen LogP contribution in [-0.2, 0) is 4.74 Å². The van der Waals surface area contributed by atoms with Gasteiger partial charge in [-0.2, -0.15) is 0 Å². The Morgan fingerprint density at radius 1 is 0.850 bits per heavy atom. The summed E-state index contributed by atoms with van der Waals surface area (Å²) in [5, 5.41) is 13.6.